The van der Waals surface area contributed by atoms with E-state index in [1.54, 1.807) is 33.8 Å². The van der Waals surface area contributed by atoms with Crippen LogP contribution < -0.4 is 5.32 Å². The molecular formula is C20H29NO4. The number of hydrogen-bond acceptors (Lipinski definition) is 4. The number of benzene rings is 1. The van der Waals surface area contributed by atoms with Crippen LogP contribution in [0.3, 0.4) is 0 Å². The van der Waals surface area contributed by atoms with Crippen LogP contribution in [0.5, 0.6) is 0 Å². The summed E-state index contributed by atoms with van der Waals surface area (Å²) >= 11 is 0. The molecule has 1 aromatic carbocycles. The summed E-state index contributed by atoms with van der Waals surface area (Å²) in [6, 6.07) is 8.91. The van der Waals surface area contributed by atoms with Crippen molar-refractivity contribution in [1.82, 2.24) is 5.32 Å². The number of nitrogens with one attached hydrogen (secondary N) is 1. The summed E-state index contributed by atoms with van der Waals surface area (Å²) in [4.78, 5) is 24.5. The fraction of sp³-hybridized carbons (Fsp3) is 0.500. The topological polar surface area (TPSA) is 64.6 Å². The van der Waals surface area contributed by atoms with Crippen LogP contribution in [0, 0.1) is 0 Å². The fourth-order valence-electron chi connectivity index (χ4n) is 2.19. The minimum absolute atomic E-state index is 0.105. The van der Waals surface area contributed by atoms with Crippen LogP contribution in [0.15, 0.2) is 43.0 Å². The largest absolute Gasteiger partial charge is 0.444 e. The summed E-state index contributed by atoms with van der Waals surface area (Å²) in [5.41, 5.74) is 0.372. The second-order valence-electron chi connectivity index (χ2n) is 6.92. The molecule has 0 unspecified atom stereocenters. The Morgan fingerprint density at radius 1 is 1.24 bits per heavy atom. The normalized spacial score (nSPS) is 13.6. The van der Waals surface area contributed by atoms with Gasteiger partial charge in [0.15, 0.2) is 5.78 Å². The summed E-state index contributed by atoms with van der Waals surface area (Å²) in [7, 11) is 0. The zero-order valence-electron chi connectivity index (χ0n) is 15.6. The quantitative estimate of drug-likeness (QED) is 0.685. The average molecular weight is 347 g/mol. The highest BCUT2D eigenvalue weighted by Crippen LogP contribution is 2.12. The van der Waals surface area contributed by atoms with Crippen molar-refractivity contribution in [3.05, 3.63) is 48.6 Å². The summed E-state index contributed by atoms with van der Waals surface area (Å²) < 4.78 is 11.1. The maximum atomic E-state index is 12.5. The summed E-state index contributed by atoms with van der Waals surface area (Å²) in [5, 5.41) is 2.65. The lowest BCUT2D eigenvalue weighted by molar-refractivity contribution is -0.125. The predicted molar refractivity (Wildman–Crippen MR) is 98.3 cm³/mol. The Labute approximate surface area is 150 Å². The molecule has 25 heavy (non-hydrogen) atoms. The Morgan fingerprint density at radius 2 is 1.88 bits per heavy atom. The molecule has 0 aliphatic carbocycles. The third-order valence-corrected chi connectivity index (χ3v) is 3.44. The van der Waals surface area contributed by atoms with Crippen molar-refractivity contribution in [1.29, 1.82) is 0 Å². The van der Waals surface area contributed by atoms with Crippen LogP contribution in [-0.4, -0.2) is 29.6 Å². The molecule has 1 rings (SSSR count). The first-order valence-electron chi connectivity index (χ1n) is 8.51. The molecule has 0 radical (unpaired) electrons. The van der Waals surface area contributed by atoms with E-state index in [1.807, 2.05) is 30.3 Å². The van der Waals surface area contributed by atoms with Gasteiger partial charge in [0, 0.05) is 6.42 Å². The molecule has 1 amide bonds. The Hall–Kier alpha value is -2.14. The third kappa shape index (κ3) is 8.49. The predicted octanol–water partition coefficient (Wildman–Crippen LogP) is 4.02. The van der Waals surface area contributed by atoms with Gasteiger partial charge in [-0.1, -0.05) is 36.4 Å². The molecule has 0 heterocycles. The van der Waals surface area contributed by atoms with Crippen molar-refractivity contribution in [2.75, 3.05) is 0 Å². The van der Waals surface area contributed by atoms with E-state index in [1.165, 1.54) is 0 Å². The highest BCUT2D eigenvalue weighted by atomic mass is 16.6. The number of hydrogen-bond donors (Lipinski definition) is 1. The zero-order chi connectivity index (χ0) is 18.9. The number of ketones is 1. The van der Waals surface area contributed by atoms with Gasteiger partial charge in [-0.2, -0.15) is 0 Å². The van der Waals surface area contributed by atoms with Gasteiger partial charge in [0.25, 0.3) is 0 Å². The minimum atomic E-state index is -0.765. The van der Waals surface area contributed by atoms with Crippen molar-refractivity contribution in [3.8, 4) is 0 Å². The monoisotopic (exact) mass is 347 g/mol. The summed E-state index contributed by atoms with van der Waals surface area (Å²) in [6.45, 7) is 11.1. The van der Waals surface area contributed by atoms with Crippen molar-refractivity contribution in [2.24, 2.45) is 0 Å². The Morgan fingerprint density at radius 3 is 2.44 bits per heavy atom. The van der Waals surface area contributed by atoms with Gasteiger partial charge in [-0.25, -0.2) is 4.79 Å². The van der Waals surface area contributed by atoms with Crippen molar-refractivity contribution >= 4 is 11.9 Å². The molecule has 0 aliphatic heterocycles. The number of alkyl carbamates (subject to hydrolysis) is 1. The number of carbonyl (C=O) groups is 2. The Kier molecular flexibility index (Phi) is 8.35. The first kappa shape index (κ1) is 20.9. The van der Waals surface area contributed by atoms with Crippen LogP contribution >= 0.6 is 0 Å². The Balaban J connectivity index is 2.72. The number of amides is 1. The molecule has 0 aliphatic rings. The van der Waals surface area contributed by atoms with Gasteiger partial charge in [0.05, 0.1) is 12.7 Å². The molecule has 5 nitrogen and oxygen atoms in total. The first-order chi connectivity index (χ1) is 11.7. The van der Waals surface area contributed by atoms with Crippen LogP contribution in [0.2, 0.25) is 0 Å². The van der Waals surface area contributed by atoms with Gasteiger partial charge < -0.3 is 14.8 Å². The van der Waals surface area contributed by atoms with E-state index in [4.69, 9.17) is 9.47 Å². The lowest BCUT2D eigenvalue weighted by atomic mass is 10.0. The molecule has 0 bridgehead atoms. The first-order valence-corrected chi connectivity index (χ1v) is 8.51. The molecule has 5 heteroatoms. The maximum absolute atomic E-state index is 12.5. The number of Topliss-reactive ketones (excluding diaryl/α,β-unsaturated/α-hetero) is 1. The molecule has 1 aromatic rings. The number of allylic oxidation sites excluding steroid dienone is 1. The summed E-state index contributed by atoms with van der Waals surface area (Å²) in [6.07, 6.45) is 1.42. The second kappa shape index (κ2) is 9.99. The SMILES string of the molecule is C=CCCC(=O)[C@H](NC(=O)OC(C)(C)C)[C@H](C)OCc1ccccc1. The lowest BCUT2D eigenvalue weighted by Crippen LogP contribution is -2.50. The van der Waals surface area contributed by atoms with E-state index in [0.29, 0.717) is 19.4 Å². The van der Waals surface area contributed by atoms with E-state index >= 15 is 0 Å². The summed E-state index contributed by atoms with van der Waals surface area (Å²) in [5.74, 6) is -0.105. The average Bonchev–Trinajstić information content (AvgIpc) is 2.54. The molecule has 2 atom stereocenters. The van der Waals surface area contributed by atoms with E-state index < -0.39 is 23.8 Å². The van der Waals surface area contributed by atoms with Gasteiger partial charge in [0.1, 0.15) is 11.6 Å². The highest BCUT2D eigenvalue weighted by Gasteiger charge is 2.29. The number of ether oxygens (including phenoxy) is 2. The van der Waals surface area contributed by atoms with Gasteiger partial charge in [-0.3, -0.25) is 4.79 Å². The maximum Gasteiger partial charge on any atom is 0.408 e. The fourth-order valence-corrected chi connectivity index (χ4v) is 2.19. The molecule has 0 spiro atoms. The standard InChI is InChI=1S/C20H29NO4/c1-6-7-13-17(22)18(21-19(23)25-20(3,4)5)15(2)24-14-16-11-9-8-10-12-16/h6,8-12,15,18H,1,7,13-14H2,2-5H3,(H,21,23)/t15-,18+/m0/s1. The highest BCUT2D eigenvalue weighted by molar-refractivity contribution is 5.88. The number of rotatable bonds is 9. The molecule has 1 N–H and O–H groups in total. The van der Waals surface area contributed by atoms with Gasteiger partial charge in [-0.15, -0.1) is 6.58 Å². The van der Waals surface area contributed by atoms with Gasteiger partial charge in [-0.05, 0) is 39.7 Å². The molecular weight excluding hydrogens is 318 g/mol. The van der Waals surface area contributed by atoms with Gasteiger partial charge in [0.2, 0.25) is 0 Å². The second-order valence-corrected chi connectivity index (χ2v) is 6.92. The number of carbonyl (C=O) groups excluding carboxylic acids is 2. The smallest absolute Gasteiger partial charge is 0.408 e. The van der Waals surface area contributed by atoms with Crippen molar-refractivity contribution in [2.45, 2.75) is 64.9 Å². The van der Waals surface area contributed by atoms with Crippen molar-refractivity contribution < 1.29 is 19.1 Å². The molecule has 0 saturated heterocycles. The molecule has 0 saturated carbocycles. The van der Waals surface area contributed by atoms with Crippen LogP contribution in [0.4, 0.5) is 4.79 Å². The third-order valence-electron chi connectivity index (χ3n) is 3.44. The van der Waals surface area contributed by atoms with Crippen molar-refractivity contribution in [3.63, 3.8) is 0 Å². The van der Waals surface area contributed by atoms with Crippen LogP contribution in [0.25, 0.3) is 0 Å². The van der Waals surface area contributed by atoms with Crippen LogP contribution in [0.1, 0.15) is 46.1 Å². The van der Waals surface area contributed by atoms with E-state index in [9.17, 15) is 9.59 Å². The lowest BCUT2D eigenvalue weighted by Gasteiger charge is -2.26. The molecule has 0 aromatic heterocycles. The van der Waals surface area contributed by atoms with Crippen LogP contribution in [-0.2, 0) is 20.9 Å². The zero-order valence-corrected chi connectivity index (χ0v) is 15.6. The van der Waals surface area contributed by atoms with Gasteiger partial charge >= 0.3 is 6.09 Å². The van der Waals surface area contributed by atoms with E-state index in [0.717, 1.165) is 5.56 Å². The Bertz CT molecular complexity index is 563. The van der Waals surface area contributed by atoms with E-state index in [2.05, 4.69) is 11.9 Å². The molecule has 138 valence electrons. The molecule has 0 fully saturated rings. The minimum Gasteiger partial charge on any atom is -0.444 e. The van der Waals surface area contributed by atoms with E-state index in [-0.39, 0.29) is 5.78 Å².